The van der Waals surface area contributed by atoms with Crippen LogP contribution < -0.4 is 9.64 Å². The van der Waals surface area contributed by atoms with Crippen molar-refractivity contribution in [2.45, 2.75) is 25.4 Å². The first-order valence-electron chi connectivity index (χ1n) is 6.23. The zero-order valence-electron chi connectivity index (χ0n) is 11.1. The van der Waals surface area contributed by atoms with Gasteiger partial charge >= 0.3 is 0 Å². The van der Waals surface area contributed by atoms with Gasteiger partial charge in [0.2, 0.25) is 0 Å². The number of piperidine rings is 1. The van der Waals surface area contributed by atoms with E-state index in [9.17, 15) is 15.2 Å². The number of benzene rings is 1. The van der Waals surface area contributed by atoms with Crippen LogP contribution in [0.1, 0.15) is 19.8 Å². The molecule has 0 radical (unpaired) electrons. The summed E-state index contributed by atoms with van der Waals surface area (Å²) in [5.74, 6) is 0.575. The lowest BCUT2D eigenvalue weighted by Crippen LogP contribution is -2.46. The van der Waals surface area contributed by atoms with Crippen LogP contribution in [0.4, 0.5) is 11.4 Å². The molecular weight excluding hydrogens is 248 g/mol. The van der Waals surface area contributed by atoms with Crippen molar-refractivity contribution in [1.82, 2.24) is 0 Å². The second-order valence-corrected chi connectivity index (χ2v) is 5.13. The van der Waals surface area contributed by atoms with E-state index in [-0.39, 0.29) is 5.69 Å². The maximum Gasteiger partial charge on any atom is 0.292 e. The fourth-order valence-corrected chi connectivity index (χ4v) is 2.46. The van der Waals surface area contributed by atoms with Gasteiger partial charge in [-0.1, -0.05) is 0 Å². The maximum absolute atomic E-state index is 11.1. The van der Waals surface area contributed by atoms with Crippen LogP contribution in [0, 0.1) is 10.1 Å². The maximum atomic E-state index is 11.1. The lowest BCUT2D eigenvalue weighted by atomic mass is 9.94. The predicted octanol–water partition coefficient (Wildman–Crippen LogP) is 1.95. The van der Waals surface area contributed by atoms with Gasteiger partial charge in [0.1, 0.15) is 11.4 Å². The molecule has 104 valence electrons. The molecule has 6 heteroatoms. The summed E-state index contributed by atoms with van der Waals surface area (Å²) in [6, 6.07) is 4.67. The quantitative estimate of drug-likeness (QED) is 0.668. The first-order valence-corrected chi connectivity index (χ1v) is 6.23. The molecule has 1 unspecified atom stereocenters. The zero-order valence-corrected chi connectivity index (χ0v) is 11.1. The lowest BCUT2D eigenvalue weighted by molar-refractivity contribution is -0.384. The average Bonchev–Trinajstić information content (AvgIpc) is 2.36. The van der Waals surface area contributed by atoms with Gasteiger partial charge in [0, 0.05) is 25.2 Å². The Morgan fingerprint density at radius 1 is 1.53 bits per heavy atom. The van der Waals surface area contributed by atoms with Crippen molar-refractivity contribution in [1.29, 1.82) is 0 Å². The molecule has 1 aromatic carbocycles. The second kappa shape index (κ2) is 5.05. The Morgan fingerprint density at radius 3 is 2.84 bits per heavy atom. The average molecular weight is 266 g/mol. The largest absolute Gasteiger partial charge is 0.497 e. The third kappa shape index (κ3) is 2.96. The van der Waals surface area contributed by atoms with Gasteiger partial charge in [-0.3, -0.25) is 10.1 Å². The zero-order chi connectivity index (χ0) is 14.0. The van der Waals surface area contributed by atoms with Crippen molar-refractivity contribution >= 4 is 11.4 Å². The summed E-state index contributed by atoms with van der Waals surface area (Å²) in [5, 5.41) is 21.2. The van der Waals surface area contributed by atoms with Crippen LogP contribution in [0.15, 0.2) is 18.2 Å². The van der Waals surface area contributed by atoms with Crippen LogP contribution in [-0.4, -0.2) is 35.8 Å². The SMILES string of the molecule is COc1ccc([N+](=O)[O-])c(N2CCCC(C)(O)C2)c1. The summed E-state index contributed by atoms with van der Waals surface area (Å²) in [4.78, 5) is 12.5. The molecule has 6 nitrogen and oxygen atoms in total. The van der Waals surface area contributed by atoms with Gasteiger partial charge in [0.25, 0.3) is 5.69 Å². The summed E-state index contributed by atoms with van der Waals surface area (Å²) >= 11 is 0. The minimum absolute atomic E-state index is 0.0403. The number of β-amino-alcohol motifs (C(OH)–C–C–N with tert-alkyl or cyclic N) is 1. The number of methoxy groups -OCH3 is 1. The molecule has 1 aliphatic rings. The number of rotatable bonds is 3. The topological polar surface area (TPSA) is 75.8 Å². The second-order valence-electron chi connectivity index (χ2n) is 5.13. The summed E-state index contributed by atoms with van der Waals surface area (Å²) in [5.41, 5.74) is -0.266. The number of hydrogen-bond acceptors (Lipinski definition) is 5. The highest BCUT2D eigenvalue weighted by Crippen LogP contribution is 2.35. The predicted molar refractivity (Wildman–Crippen MR) is 71.7 cm³/mol. The van der Waals surface area contributed by atoms with E-state index in [0.717, 1.165) is 6.42 Å². The monoisotopic (exact) mass is 266 g/mol. The Hall–Kier alpha value is -1.82. The van der Waals surface area contributed by atoms with Crippen LogP contribution in [0.25, 0.3) is 0 Å². The number of hydrogen-bond donors (Lipinski definition) is 1. The molecule has 0 aromatic heterocycles. The minimum atomic E-state index is -0.810. The fraction of sp³-hybridized carbons (Fsp3) is 0.538. The van der Waals surface area contributed by atoms with Crippen molar-refractivity contribution in [3.8, 4) is 5.75 Å². The smallest absolute Gasteiger partial charge is 0.292 e. The summed E-state index contributed by atoms with van der Waals surface area (Å²) < 4.78 is 5.12. The lowest BCUT2D eigenvalue weighted by Gasteiger charge is -2.37. The molecule has 1 aliphatic heterocycles. The number of nitrogens with zero attached hydrogens (tertiary/aromatic N) is 2. The van der Waals surface area contributed by atoms with Gasteiger partial charge in [-0.25, -0.2) is 0 Å². The normalized spacial score (nSPS) is 23.2. The van der Waals surface area contributed by atoms with Gasteiger partial charge in [-0.15, -0.1) is 0 Å². The molecule has 1 saturated heterocycles. The standard InChI is InChI=1S/C13H18N2O4/c1-13(16)6-3-7-14(9-13)12-8-10(19-2)4-5-11(12)15(17)18/h4-5,8,16H,3,6-7,9H2,1-2H3. The third-order valence-corrected chi connectivity index (χ3v) is 3.39. The van der Waals surface area contributed by atoms with Gasteiger partial charge in [0.15, 0.2) is 0 Å². The number of ether oxygens (including phenoxy) is 1. The van der Waals surface area contributed by atoms with Gasteiger partial charge in [-0.05, 0) is 25.8 Å². The van der Waals surface area contributed by atoms with E-state index in [0.29, 0.717) is 30.9 Å². The van der Waals surface area contributed by atoms with Gasteiger partial charge < -0.3 is 14.7 Å². The molecule has 0 amide bonds. The van der Waals surface area contributed by atoms with E-state index in [2.05, 4.69) is 0 Å². The van der Waals surface area contributed by atoms with Crippen LogP contribution in [0.5, 0.6) is 5.75 Å². The van der Waals surface area contributed by atoms with E-state index < -0.39 is 10.5 Å². The van der Waals surface area contributed by atoms with Crippen LogP contribution >= 0.6 is 0 Å². The number of nitro benzene ring substituents is 1. The van der Waals surface area contributed by atoms with Crippen LogP contribution in [0.2, 0.25) is 0 Å². The molecule has 1 fully saturated rings. The summed E-state index contributed by atoms with van der Waals surface area (Å²) in [7, 11) is 1.53. The first kappa shape index (κ1) is 13.6. The summed E-state index contributed by atoms with van der Waals surface area (Å²) in [6.07, 6.45) is 1.52. The Labute approximate surface area is 111 Å². The van der Waals surface area contributed by atoms with Crippen molar-refractivity contribution < 1.29 is 14.8 Å². The van der Waals surface area contributed by atoms with E-state index in [4.69, 9.17) is 4.74 Å². The van der Waals surface area contributed by atoms with Crippen LogP contribution in [-0.2, 0) is 0 Å². The van der Waals surface area contributed by atoms with Gasteiger partial charge in [-0.2, -0.15) is 0 Å². The molecule has 1 N–H and O–H groups in total. The molecular formula is C13H18N2O4. The highest BCUT2D eigenvalue weighted by molar-refractivity contribution is 5.66. The molecule has 1 aromatic rings. The number of aliphatic hydroxyl groups is 1. The molecule has 1 atom stereocenters. The number of anilines is 1. The summed E-state index contributed by atoms with van der Waals surface area (Å²) in [6.45, 7) is 2.84. The molecule has 19 heavy (non-hydrogen) atoms. The highest BCUT2D eigenvalue weighted by atomic mass is 16.6. The fourth-order valence-electron chi connectivity index (χ4n) is 2.46. The Kier molecular flexibility index (Phi) is 3.61. The van der Waals surface area contributed by atoms with E-state index in [1.54, 1.807) is 19.1 Å². The molecule has 0 bridgehead atoms. The first-order chi connectivity index (χ1) is 8.93. The molecule has 2 rings (SSSR count). The highest BCUT2D eigenvalue weighted by Gasteiger charge is 2.31. The van der Waals surface area contributed by atoms with Crippen LogP contribution in [0.3, 0.4) is 0 Å². The Bertz CT molecular complexity index is 488. The van der Waals surface area contributed by atoms with E-state index in [1.807, 2.05) is 4.90 Å². The van der Waals surface area contributed by atoms with Gasteiger partial charge in [0.05, 0.1) is 17.6 Å². The van der Waals surface area contributed by atoms with Crippen molar-refractivity contribution in [3.63, 3.8) is 0 Å². The van der Waals surface area contributed by atoms with Crippen molar-refractivity contribution in [2.75, 3.05) is 25.1 Å². The molecule has 0 aliphatic carbocycles. The Balaban J connectivity index is 2.38. The van der Waals surface area contributed by atoms with E-state index in [1.165, 1.54) is 13.2 Å². The van der Waals surface area contributed by atoms with Crippen molar-refractivity contribution in [3.05, 3.63) is 28.3 Å². The molecule has 0 saturated carbocycles. The number of nitro groups is 1. The molecule has 1 heterocycles. The Morgan fingerprint density at radius 2 is 2.26 bits per heavy atom. The minimum Gasteiger partial charge on any atom is -0.497 e. The van der Waals surface area contributed by atoms with Crippen molar-refractivity contribution in [2.24, 2.45) is 0 Å². The van der Waals surface area contributed by atoms with E-state index >= 15 is 0 Å². The third-order valence-electron chi connectivity index (χ3n) is 3.39. The molecule has 0 spiro atoms.